The van der Waals surface area contributed by atoms with Crippen molar-refractivity contribution in [3.63, 3.8) is 0 Å². The van der Waals surface area contributed by atoms with Crippen molar-refractivity contribution in [2.45, 2.75) is 26.2 Å². The number of unbranched alkanes of at least 4 members (excludes halogenated alkanes) is 2. The molecular weight excluding hydrogens is 282 g/mol. The lowest BCUT2D eigenvalue weighted by Crippen LogP contribution is -2.30. The summed E-state index contributed by atoms with van der Waals surface area (Å²) in [4.78, 5) is 11.6. The maximum absolute atomic E-state index is 11.6. The second-order valence-corrected chi connectivity index (χ2v) is 4.71. The molecule has 0 fully saturated rings. The molecule has 0 aliphatic rings. The molecule has 0 atom stereocenters. The van der Waals surface area contributed by atoms with E-state index in [0.29, 0.717) is 5.56 Å². The number of amides is 1. The molecule has 17 heavy (non-hydrogen) atoms. The first-order valence-electron chi connectivity index (χ1n) is 5.73. The molecular formula is C12H18BrN3O. The van der Waals surface area contributed by atoms with Crippen LogP contribution in [0.3, 0.4) is 0 Å². The van der Waals surface area contributed by atoms with Crippen molar-refractivity contribution >= 4 is 27.5 Å². The highest BCUT2D eigenvalue weighted by molar-refractivity contribution is 9.10. The first kappa shape index (κ1) is 14.0. The van der Waals surface area contributed by atoms with Crippen LogP contribution in [0.2, 0.25) is 0 Å². The van der Waals surface area contributed by atoms with Crippen molar-refractivity contribution in [3.05, 3.63) is 28.2 Å². The fraction of sp³-hybridized carbons (Fsp3) is 0.417. The van der Waals surface area contributed by atoms with Gasteiger partial charge in [-0.15, -0.1) is 0 Å². The van der Waals surface area contributed by atoms with Crippen molar-refractivity contribution in [2.24, 2.45) is 5.84 Å². The van der Waals surface area contributed by atoms with Gasteiger partial charge >= 0.3 is 0 Å². The summed E-state index contributed by atoms with van der Waals surface area (Å²) in [7, 11) is 0. The summed E-state index contributed by atoms with van der Waals surface area (Å²) in [5.41, 5.74) is 3.52. The van der Waals surface area contributed by atoms with Crippen LogP contribution < -0.4 is 16.6 Å². The minimum Gasteiger partial charge on any atom is -0.384 e. The molecule has 1 aromatic rings. The highest BCUT2D eigenvalue weighted by Gasteiger charge is 2.10. The van der Waals surface area contributed by atoms with E-state index in [1.807, 2.05) is 12.1 Å². The fourth-order valence-corrected chi connectivity index (χ4v) is 1.90. The van der Waals surface area contributed by atoms with Gasteiger partial charge in [0.25, 0.3) is 5.91 Å². The molecule has 4 N–H and O–H groups in total. The molecule has 0 saturated heterocycles. The Bertz CT molecular complexity index is 382. The number of halogens is 1. The van der Waals surface area contributed by atoms with E-state index in [1.54, 1.807) is 6.07 Å². The zero-order valence-corrected chi connectivity index (χ0v) is 11.5. The minimum atomic E-state index is -0.288. The highest BCUT2D eigenvalue weighted by Crippen LogP contribution is 2.21. The van der Waals surface area contributed by atoms with Crippen LogP contribution in [-0.4, -0.2) is 12.5 Å². The van der Waals surface area contributed by atoms with Crippen LogP contribution in [0, 0.1) is 0 Å². The van der Waals surface area contributed by atoms with Crippen LogP contribution in [0.15, 0.2) is 22.7 Å². The molecule has 5 heteroatoms. The predicted octanol–water partition coefficient (Wildman–Crippen LogP) is 2.65. The Morgan fingerprint density at radius 2 is 2.18 bits per heavy atom. The summed E-state index contributed by atoms with van der Waals surface area (Å²) in [6.07, 6.45) is 3.45. The van der Waals surface area contributed by atoms with E-state index in [9.17, 15) is 4.79 Å². The predicted molar refractivity (Wildman–Crippen MR) is 73.8 cm³/mol. The summed E-state index contributed by atoms with van der Waals surface area (Å²) >= 11 is 3.34. The third-order valence-corrected chi connectivity index (χ3v) is 2.95. The maximum atomic E-state index is 11.6. The molecule has 1 rings (SSSR count). The number of hydrogen-bond donors (Lipinski definition) is 3. The lowest BCUT2D eigenvalue weighted by Gasteiger charge is -2.11. The van der Waals surface area contributed by atoms with Crippen LogP contribution in [0.1, 0.15) is 36.5 Å². The van der Waals surface area contributed by atoms with Crippen LogP contribution in [0.5, 0.6) is 0 Å². The number of benzene rings is 1. The van der Waals surface area contributed by atoms with Gasteiger partial charge in [-0.05, 0) is 24.6 Å². The molecule has 0 unspecified atom stereocenters. The van der Waals surface area contributed by atoms with Crippen molar-refractivity contribution in [2.75, 3.05) is 11.9 Å². The lowest BCUT2D eigenvalue weighted by molar-refractivity contribution is 0.0954. The largest absolute Gasteiger partial charge is 0.384 e. The fourth-order valence-electron chi connectivity index (χ4n) is 1.53. The highest BCUT2D eigenvalue weighted by atomic mass is 79.9. The Morgan fingerprint density at radius 1 is 1.41 bits per heavy atom. The van der Waals surface area contributed by atoms with E-state index in [-0.39, 0.29) is 5.91 Å². The summed E-state index contributed by atoms with van der Waals surface area (Å²) < 4.78 is 0.857. The van der Waals surface area contributed by atoms with Crippen LogP contribution in [0.4, 0.5) is 5.69 Å². The quantitative estimate of drug-likeness (QED) is 0.327. The zero-order chi connectivity index (χ0) is 12.7. The first-order chi connectivity index (χ1) is 8.19. The molecule has 0 aliphatic carbocycles. The Morgan fingerprint density at radius 3 is 2.82 bits per heavy atom. The summed E-state index contributed by atoms with van der Waals surface area (Å²) in [5.74, 6) is 4.87. The smallest absolute Gasteiger partial charge is 0.267 e. The average molecular weight is 300 g/mol. The summed E-state index contributed by atoms with van der Waals surface area (Å²) in [5, 5.41) is 3.25. The molecule has 0 aliphatic heterocycles. The van der Waals surface area contributed by atoms with Crippen LogP contribution >= 0.6 is 15.9 Å². The summed E-state index contributed by atoms with van der Waals surface area (Å²) in [6.45, 7) is 3.02. The van der Waals surface area contributed by atoms with Gasteiger partial charge in [0.15, 0.2) is 0 Å². The minimum absolute atomic E-state index is 0.288. The van der Waals surface area contributed by atoms with Gasteiger partial charge in [-0.2, -0.15) is 0 Å². The Kier molecular flexibility index (Phi) is 6.00. The number of rotatable bonds is 6. The normalized spacial score (nSPS) is 10.1. The van der Waals surface area contributed by atoms with Crippen molar-refractivity contribution < 1.29 is 4.79 Å². The number of nitrogens with two attached hydrogens (primary N) is 1. The van der Waals surface area contributed by atoms with Gasteiger partial charge in [-0.25, -0.2) is 5.84 Å². The molecule has 0 saturated carbocycles. The Hall–Kier alpha value is -1.07. The summed E-state index contributed by atoms with van der Waals surface area (Å²) in [6, 6.07) is 5.53. The molecule has 94 valence electrons. The van der Waals surface area contributed by atoms with E-state index in [1.165, 1.54) is 12.8 Å². The number of hydrazine groups is 1. The second kappa shape index (κ2) is 7.29. The molecule has 4 nitrogen and oxygen atoms in total. The SMILES string of the molecule is CCCCCNc1ccc(Br)cc1C(=O)NN. The third-order valence-electron chi connectivity index (χ3n) is 2.45. The third kappa shape index (κ3) is 4.36. The molecule has 0 spiro atoms. The molecule has 0 aromatic heterocycles. The molecule has 1 aromatic carbocycles. The van der Waals surface area contributed by atoms with Gasteiger partial charge in [0.2, 0.25) is 0 Å². The standard InChI is InChI=1S/C12H18BrN3O/c1-2-3-4-7-15-11-6-5-9(13)8-10(11)12(17)16-14/h5-6,8,15H,2-4,7,14H2,1H3,(H,16,17). The first-order valence-corrected chi connectivity index (χ1v) is 6.52. The molecule has 0 bridgehead atoms. The van der Waals surface area contributed by atoms with E-state index < -0.39 is 0 Å². The number of nitrogens with one attached hydrogen (secondary N) is 2. The zero-order valence-electron chi connectivity index (χ0n) is 9.92. The lowest BCUT2D eigenvalue weighted by atomic mass is 10.1. The number of carbonyl (C=O) groups excluding carboxylic acids is 1. The van der Waals surface area contributed by atoms with Crippen molar-refractivity contribution in [1.82, 2.24) is 5.43 Å². The van der Waals surface area contributed by atoms with Crippen LogP contribution in [-0.2, 0) is 0 Å². The maximum Gasteiger partial charge on any atom is 0.267 e. The van der Waals surface area contributed by atoms with Gasteiger partial charge in [-0.3, -0.25) is 10.2 Å². The molecule has 1 amide bonds. The van der Waals surface area contributed by atoms with Crippen LogP contribution in [0.25, 0.3) is 0 Å². The second-order valence-electron chi connectivity index (χ2n) is 3.80. The van der Waals surface area contributed by atoms with Crippen molar-refractivity contribution in [1.29, 1.82) is 0 Å². The average Bonchev–Trinajstić information content (AvgIpc) is 2.35. The van der Waals surface area contributed by atoms with Gasteiger partial charge in [0.05, 0.1) is 5.56 Å². The number of anilines is 1. The van der Waals surface area contributed by atoms with Gasteiger partial charge in [-0.1, -0.05) is 35.7 Å². The van der Waals surface area contributed by atoms with Gasteiger partial charge in [0, 0.05) is 16.7 Å². The molecule has 0 heterocycles. The van der Waals surface area contributed by atoms with Crippen molar-refractivity contribution in [3.8, 4) is 0 Å². The van der Waals surface area contributed by atoms with Gasteiger partial charge in [0.1, 0.15) is 0 Å². The Labute approximate surface area is 110 Å². The monoisotopic (exact) mass is 299 g/mol. The van der Waals surface area contributed by atoms with E-state index >= 15 is 0 Å². The van der Waals surface area contributed by atoms with E-state index in [0.717, 1.165) is 23.1 Å². The number of nitrogen functional groups attached to an aromatic ring is 1. The van der Waals surface area contributed by atoms with Gasteiger partial charge < -0.3 is 5.32 Å². The number of hydrogen-bond acceptors (Lipinski definition) is 3. The van der Waals surface area contributed by atoms with E-state index in [4.69, 9.17) is 5.84 Å². The topological polar surface area (TPSA) is 67.2 Å². The Balaban J connectivity index is 2.72. The molecule has 0 radical (unpaired) electrons. The number of carbonyl (C=O) groups is 1. The van der Waals surface area contributed by atoms with E-state index in [2.05, 4.69) is 33.6 Å².